The number of rotatable bonds is 7. The van der Waals surface area contributed by atoms with Crippen molar-refractivity contribution in [1.29, 1.82) is 0 Å². The lowest BCUT2D eigenvalue weighted by atomic mass is 10.2. The minimum atomic E-state index is -0.262. The van der Waals surface area contributed by atoms with Crippen LogP contribution in [-0.2, 0) is 20.9 Å². The molecule has 0 radical (unpaired) electrons. The lowest BCUT2D eigenvalue weighted by molar-refractivity contribution is -0.137. The van der Waals surface area contributed by atoms with Crippen molar-refractivity contribution < 1.29 is 23.9 Å². The maximum absolute atomic E-state index is 12.5. The van der Waals surface area contributed by atoms with Crippen molar-refractivity contribution in [3.63, 3.8) is 0 Å². The number of nitrogens with zero attached hydrogens (tertiary/aromatic N) is 2. The molecule has 0 aromatic heterocycles. The van der Waals surface area contributed by atoms with Gasteiger partial charge in [0.05, 0.1) is 26.1 Å². The standard InChI is InChI=1S/C19H25N3O5/c1-26-16-4-3-13(9-17(16)27-2)11-20-18(24)14-10-15(14)19(25)22-7-5-21(12-23)6-8-22/h3-4,9,12,14-15H,5-8,10-11H2,1-2H3,(H,20,24). The van der Waals surface area contributed by atoms with Gasteiger partial charge in [-0.1, -0.05) is 6.07 Å². The molecule has 1 saturated heterocycles. The first kappa shape index (κ1) is 19.0. The van der Waals surface area contributed by atoms with E-state index in [4.69, 9.17) is 9.47 Å². The molecule has 3 rings (SSSR count). The third-order valence-corrected chi connectivity index (χ3v) is 5.13. The van der Waals surface area contributed by atoms with Crippen molar-refractivity contribution in [3.05, 3.63) is 23.8 Å². The summed E-state index contributed by atoms with van der Waals surface area (Å²) in [5, 5.41) is 2.89. The zero-order valence-corrected chi connectivity index (χ0v) is 15.6. The van der Waals surface area contributed by atoms with Crippen LogP contribution in [0.5, 0.6) is 11.5 Å². The van der Waals surface area contributed by atoms with Crippen LogP contribution in [0, 0.1) is 11.8 Å². The molecule has 3 amide bonds. The number of hydrogen-bond acceptors (Lipinski definition) is 5. The molecular formula is C19H25N3O5. The fourth-order valence-electron chi connectivity index (χ4n) is 3.35. The summed E-state index contributed by atoms with van der Waals surface area (Å²) in [6, 6.07) is 5.48. The van der Waals surface area contributed by atoms with Gasteiger partial charge in [-0.3, -0.25) is 14.4 Å². The normalized spacial score (nSPS) is 21.4. The number of nitrogens with one attached hydrogen (secondary N) is 1. The SMILES string of the molecule is COc1ccc(CNC(=O)C2CC2C(=O)N2CCN(C=O)CC2)cc1OC. The Morgan fingerprint density at radius 2 is 1.81 bits per heavy atom. The van der Waals surface area contributed by atoms with Crippen molar-refractivity contribution in [1.82, 2.24) is 15.1 Å². The van der Waals surface area contributed by atoms with Crippen LogP contribution in [0.25, 0.3) is 0 Å². The second-order valence-electron chi connectivity index (χ2n) is 6.82. The zero-order valence-electron chi connectivity index (χ0n) is 15.6. The maximum atomic E-state index is 12.5. The van der Waals surface area contributed by atoms with Crippen LogP contribution in [0.15, 0.2) is 18.2 Å². The van der Waals surface area contributed by atoms with E-state index in [0.717, 1.165) is 12.0 Å². The van der Waals surface area contributed by atoms with Crippen molar-refractivity contribution in [2.45, 2.75) is 13.0 Å². The highest BCUT2D eigenvalue weighted by Gasteiger charge is 2.49. The van der Waals surface area contributed by atoms with Gasteiger partial charge in [0, 0.05) is 32.7 Å². The second-order valence-corrected chi connectivity index (χ2v) is 6.82. The zero-order chi connectivity index (χ0) is 19.4. The van der Waals surface area contributed by atoms with Gasteiger partial charge < -0.3 is 24.6 Å². The van der Waals surface area contributed by atoms with Crippen LogP contribution in [0.1, 0.15) is 12.0 Å². The lowest BCUT2D eigenvalue weighted by Gasteiger charge is -2.32. The molecule has 0 spiro atoms. The quantitative estimate of drug-likeness (QED) is 0.691. The highest BCUT2D eigenvalue weighted by molar-refractivity contribution is 5.92. The van der Waals surface area contributed by atoms with Crippen LogP contribution in [0.3, 0.4) is 0 Å². The Bertz CT molecular complexity index is 715. The molecule has 1 aliphatic carbocycles. The largest absolute Gasteiger partial charge is 0.493 e. The van der Waals surface area contributed by atoms with Crippen molar-refractivity contribution in [2.75, 3.05) is 40.4 Å². The number of piperazine rings is 1. The Kier molecular flexibility index (Phi) is 5.83. The molecule has 0 bridgehead atoms. The summed E-state index contributed by atoms with van der Waals surface area (Å²) >= 11 is 0. The van der Waals surface area contributed by atoms with E-state index in [2.05, 4.69) is 5.32 Å². The van der Waals surface area contributed by atoms with Gasteiger partial charge in [-0.05, 0) is 24.1 Å². The molecule has 8 nitrogen and oxygen atoms in total. The molecule has 1 aromatic rings. The summed E-state index contributed by atoms with van der Waals surface area (Å²) in [6.45, 7) is 2.55. The molecule has 146 valence electrons. The number of ether oxygens (including phenoxy) is 2. The van der Waals surface area contributed by atoms with E-state index < -0.39 is 0 Å². The Balaban J connectivity index is 1.47. The predicted molar refractivity (Wildman–Crippen MR) is 97.2 cm³/mol. The number of carbonyl (C=O) groups excluding carboxylic acids is 3. The van der Waals surface area contributed by atoms with Gasteiger partial charge in [0.15, 0.2) is 11.5 Å². The van der Waals surface area contributed by atoms with Gasteiger partial charge in [-0.15, -0.1) is 0 Å². The molecule has 1 N–H and O–H groups in total. The van der Waals surface area contributed by atoms with Gasteiger partial charge in [-0.25, -0.2) is 0 Å². The summed E-state index contributed by atoms with van der Waals surface area (Å²) in [7, 11) is 3.14. The third-order valence-electron chi connectivity index (χ3n) is 5.13. The van der Waals surface area contributed by atoms with E-state index in [1.165, 1.54) is 0 Å². The number of benzene rings is 1. The van der Waals surface area contributed by atoms with Crippen molar-refractivity contribution >= 4 is 18.2 Å². The van der Waals surface area contributed by atoms with Crippen molar-refractivity contribution in [2.24, 2.45) is 11.8 Å². The summed E-state index contributed by atoms with van der Waals surface area (Å²) in [5.74, 6) is 0.662. The van der Waals surface area contributed by atoms with Gasteiger partial charge in [0.2, 0.25) is 18.2 Å². The summed E-state index contributed by atoms with van der Waals surface area (Å²) in [6.07, 6.45) is 1.40. The Morgan fingerprint density at radius 3 is 2.44 bits per heavy atom. The molecule has 27 heavy (non-hydrogen) atoms. The van der Waals surface area contributed by atoms with Gasteiger partial charge in [0.25, 0.3) is 0 Å². The smallest absolute Gasteiger partial charge is 0.226 e. The second kappa shape index (κ2) is 8.28. The van der Waals surface area contributed by atoms with Gasteiger partial charge in [-0.2, -0.15) is 0 Å². The van der Waals surface area contributed by atoms with Crippen LogP contribution in [-0.4, -0.2) is 68.4 Å². The van der Waals surface area contributed by atoms with E-state index in [9.17, 15) is 14.4 Å². The molecule has 1 aromatic carbocycles. The highest BCUT2D eigenvalue weighted by atomic mass is 16.5. The lowest BCUT2D eigenvalue weighted by Crippen LogP contribution is -2.48. The number of hydrogen-bond donors (Lipinski definition) is 1. The van der Waals surface area contributed by atoms with Crippen LogP contribution in [0.4, 0.5) is 0 Å². The topological polar surface area (TPSA) is 88.2 Å². The molecule has 2 aliphatic rings. The molecule has 2 fully saturated rings. The molecule has 1 heterocycles. The Labute approximate surface area is 158 Å². The summed E-state index contributed by atoms with van der Waals surface area (Å²) < 4.78 is 10.5. The minimum absolute atomic E-state index is 0.0202. The molecule has 2 unspecified atom stereocenters. The van der Waals surface area contributed by atoms with Gasteiger partial charge >= 0.3 is 0 Å². The summed E-state index contributed by atoms with van der Waals surface area (Å²) in [5.41, 5.74) is 0.898. The predicted octanol–water partition coefficient (Wildman–Crippen LogP) is 0.257. The molecule has 8 heteroatoms. The highest BCUT2D eigenvalue weighted by Crippen LogP contribution is 2.40. The minimum Gasteiger partial charge on any atom is -0.493 e. The fraction of sp³-hybridized carbons (Fsp3) is 0.526. The molecule has 1 aliphatic heterocycles. The van der Waals surface area contributed by atoms with Crippen molar-refractivity contribution in [3.8, 4) is 11.5 Å². The molecular weight excluding hydrogens is 350 g/mol. The number of amides is 3. The van der Waals surface area contributed by atoms with E-state index in [1.807, 2.05) is 12.1 Å². The first-order chi connectivity index (χ1) is 13.1. The van der Waals surface area contributed by atoms with Crippen LogP contribution >= 0.6 is 0 Å². The summed E-state index contributed by atoms with van der Waals surface area (Å²) in [4.78, 5) is 39.0. The van der Waals surface area contributed by atoms with E-state index in [-0.39, 0.29) is 23.7 Å². The fourth-order valence-corrected chi connectivity index (χ4v) is 3.35. The average molecular weight is 375 g/mol. The van der Waals surface area contributed by atoms with Gasteiger partial charge in [0.1, 0.15) is 0 Å². The average Bonchev–Trinajstić information content (AvgIpc) is 3.52. The van der Waals surface area contributed by atoms with E-state index in [0.29, 0.717) is 50.6 Å². The number of methoxy groups -OCH3 is 2. The molecule has 1 saturated carbocycles. The van der Waals surface area contributed by atoms with Crippen LogP contribution in [0.2, 0.25) is 0 Å². The first-order valence-corrected chi connectivity index (χ1v) is 9.04. The molecule has 2 atom stereocenters. The Morgan fingerprint density at radius 1 is 1.11 bits per heavy atom. The maximum Gasteiger partial charge on any atom is 0.226 e. The monoisotopic (exact) mass is 375 g/mol. The van der Waals surface area contributed by atoms with Crippen LogP contribution < -0.4 is 14.8 Å². The van der Waals surface area contributed by atoms with E-state index >= 15 is 0 Å². The first-order valence-electron chi connectivity index (χ1n) is 9.04. The number of carbonyl (C=O) groups is 3. The third kappa shape index (κ3) is 4.32. The Hall–Kier alpha value is -2.77. The van der Waals surface area contributed by atoms with E-state index in [1.54, 1.807) is 30.1 Å².